The first-order valence-corrected chi connectivity index (χ1v) is 5.33. The van der Waals surface area contributed by atoms with Crippen molar-refractivity contribution in [3.05, 3.63) is 29.3 Å². The van der Waals surface area contributed by atoms with Crippen LogP contribution in [0.15, 0.2) is 18.2 Å². The Labute approximate surface area is 96.4 Å². The molecular formula is C13H18O3. The number of hydrogen-bond acceptors (Lipinski definition) is 3. The van der Waals surface area contributed by atoms with Crippen molar-refractivity contribution in [2.45, 2.75) is 33.3 Å². The van der Waals surface area contributed by atoms with Gasteiger partial charge in [0.1, 0.15) is 11.9 Å². The molecule has 0 N–H and O–H groups in total. The molecule has 0 saturated heterocycles. The summed E-state index contributed by atoms with van der Waals surface area (Å²) in [5.74, 6) is 0.538. The van der Waals surface area contributed by atoms with E-state index in [4.69, 9.17) is 4.74 Å². The van der Waals surface area contributed by atoms with Crippen LogP contribution in [0.1, 0.15) is 24.5 Å². The number of aryl methyl sites for hydroxylation is 2. The van der Waals surface area contributed by atoms with Crippen LogP contribution in [0.3, 0.4) is 0 Å². The summed E-state index contributed by atoms with van der Waals surface area (Å²) in [6, 6.07) is 5.90. The second-order valence-corrected chi connectivity index (χ2v) is 3.95. The maximum atomic E-state index is 11.0. The SMILES string of the molecule is COC(=O)CC(C)Oc1ccc(C)c(C)c1. The van der Waals surface area contributed by atoms with Gasteiger partial charge in [0.15, 0.2) is 0 Å². The van der Waals surface area contributed by atoms with Gasteiger partial charge < -0.3 is 9.47 Å². The Kier molecular flexibility index (Phi) is 4.35. The molecule has 0 saturated carbocycles. The lowest BCUT2D eigenvalue weighted by atomic mass is 10.1. The molecule has 0 radical (unpaired) electrons. The molecule has 1 aromatic carbocycles. The van der Waals surface area contributed by atoms with E-state index in [0.29, 0.717) is 0 Å². The number of hydrogen-bond donors (Lipinski definition) is 0. The second kappa shape index (κ2) is 5.54. The molecule has 0 aromatic heterocycles. The number of ether oxygens (including phenoxy) is 2. The van der Waals surface area contributed by atoms with Crippen molar-refractivity contribution in [1.82, 2.24) is 0 Å². The fourth-order valence-corrected chi connectivity index (χ4v) is 1.38. The smallest absolute Gasteiger partial charge is 0.309 e. The van der Waals surface area contributed by atoms with Crippen molar-refractivity contribution >= 4 is 5.97 Å². The average molecular weight is 222 g/mol. The molecule has 0 amide bonds. The van der Waals surface area contributed by atoms with E-state index in [9.17, 15) is 4.79 Å². The van der Waals surface area contributed by atoms with Crippen molar-refractivity contribution in [2.75, 3.05) is 7.11 Å². The Morgan fingerprint density at radius 1 is 1.31 bits per heavy atom. The Hall–Kier alpha value is -1.51. The highest BCUT2D eigenvalue weighted by Gasteiger charge is 2.10. The monoisotopic (exact) mass is 222 g/mol. The maximum Gasteiger partial charge on any atom is 0.309 e. The van der Waals surface area contributed by atoms with Crippen LogP contribution in [-0.4, -0.2) is 19.2 Å². The molecule has 0 aliphatic rings. The molecular weight excluding hydrogens is 204 g/mol. The summed E-state index contributed by atoms with van der Waals surface area (Å²) in [5, 5.41) is 0. The van der Waals surface area contributed by atoms with Crippen LogP contribution in [0, 0.1) is 13.8 Å². The second-order valence-electron chi connectivity index (χ2n) is 3.95. The molecule has 88 valence electrons. The third kappa shape index (κ3) is 3.57. The molecule has 3 heteroatoms. The van der Waals surface area contributed by atoms with Gasteiger partial charge in [0.05, 0.1) is 13.5 Å². The van der Waals surface area contributed by atoms with Gasteiger partial charge in [0, 0.05) is 0 Å². The summed E-state index contributed by atoms with van der Waals surface area (Å²) in [5.41, 5.74) is 2.41. The Morgan fingerprint density at radius 2 is 2.00 bits per heavy atom. The summed E-state index contributed by atoms with van der Waals surface area (Å²) in [6.07, 6.45) is 0.0956. The van der Waals surface area contributed by atoms with Gasteiger partial charge in [-0.25, -0.2) is 0 Å². The lowest BCUT2D eigenvalue weighted by Gasteiger charge is -2.14. The van der Waals surface area contributed by atoms with E-state index in [0.717, 1.165) is 5.75 Å². The third-order valence-electron chi connectivity index (χ3n) is 2.50. The van der Waals surface area contributed by atoms with Crippen LogP contribution < -0.4 is 4.74 Å². The van der Waals surface area contributed by atoms with E-state index in [-0.39, 0.29) is 18.5 Å². The van der Waals surface area contributed by atoms with Gasteiger partial charge in [-0.05, 0) is 44.0 Å². The van der Waals surface area contributed by atoms with Gasteiger partial charge in [-0.15, -0.1) is 0 Å². The highest BCUT2D eigenvalue weighted by atomic mass is 16.5. The van der Waals surface area contributed by atoms with Crippen molar-refractivity contribution in [2.24, 2.45) is 0 Å². The summed E-state index contributed by atoms with van der Waals surface area (Å²) in [4.78, 5) is 11.0. The average Bonchev–Trinajstić information content (AvgIpc) is 2.23. The predicted molar refractivity (Wildman–Crippen MR) is 62.6 cm³/mol. The van der Waals surface area contributed by atoms with Gasteiger partial charge >= 0.3 is 5.97 Å². The molecule has 0 bridgehead atoms. The highest BCUT2D eigenvalue weighted by molar-refractivity contribution is 5.69. The lowest BCUT2D eigenvalue weighted by Crippen LogP contribution is -2.17. The van der Waals surface area contributed by atoms with E-state index >= 15 is 0 Å². The summed E-state index contributed by atoms with van der Waals surface area (Å²) >= 11 is 0. The Bertz CT molecular complexity index is 371. The number of carbonyl (C=O) groups is 1. The lowest BCUT2D eigenvalue weighted by molar-refractivity contribution is -0.142. The summed E-state index contributed by atoms with van der Waals surface area (Å²) in [7, 11) is 1.38. The van der Waals surface area contributed by atoms with Gasteiger partial charge in [0.25, 0.3) is 0 Å². The summed E-state index contributed by atoms with van der Waals surface area (Å²) < 4.78 is 10.2. The number of esters is 1. The molecule has 0 spiro atoms. The maximum absolute atomic E-state index is 11.0. The number of benzene rings is 1. The zero-order chi connectivity index (χ0) is 12.1. The molecule has 0 fully saturated rings. The van der Waals surface area contributed by atoms with Crippen molar-refractivity contribution in [3.63, 3.8) is 0 Å². The number of carbonyl (C=O) groups excluding carboxylic acids is 1. The summed E-state index contributed by atoms with van der Waals surface area (Å²) in [6.45, 7) is 5.94. The van der Waals surface area contributed by atoms with E-state index in [2.05, 4.69) is 11.7 Å². The van der Waals surface area contributed by atoms with Crippen LogP contribution in [0.4, 0.5) is 0 Å². The first-order valence-electron chi connectivity index (χ1n) is 5.33. The minimum Gasteiger partial charge on any atom is -0.490 e. The molecule has 1 rings (SSSR count). The normalized spacial score (nSPS) is 12.0. The fraction of sp³-hybridized carbons (Fsp3) is 0.462. The molecule has 1 unspecified atom stereocenters. The minimum absolute atomic E-state index is 0.172. The molecule has 0 aliphatic heterocycles. The highest BCUT2D eigenvalue weighted by Crippen LogP contribution is 2.18. The predicted octanol–water partition coefficient (Wildman–Crippen LogP) is 2.63. The van der Waals surface area contributed by atoms with E-state index in [1.54, 1.807) is 0 Å². The first kappa shape index (κ1) is 12.6. The van der Waals surface area contributed by atoms with Crippen LogP contribution >= 0.6 is 0 Å². The van der Waals surface area contributed by atoms with Gasteiger partial charge in [0.2, 0.25) is 0 Å². The zero-order valence-corrected chi connectivity index (χ0v) is 10.2. The fourth-order valence-electron chi connectivity index (χ4n) is 1.38. The Morgan fingerprint density at radius 3 is 2.56 bits per heavy atom. The number of rotatable bonds is 4. The number of methoxy groups -OCH3 is 1. The van der Waals surface area contributed by atoms with Crippen molar-refractivity contribution in [1.29, 1.82) is 0 Å². The molecule has 3 nitrogen and oxygen atoms in total. The van der Waals surface area contributed by atoms with Gasteiger partial charge in [-0.3, -0.25) is 4.79 Å². The Balaban J connectivity index is 2.59. The largest absolute Gasteiger partial charge is 0.490 e. The van der Waals surface area contributed by atoms with Gasteiger partial charge in [-0.2, -0.15) is 0 Å². The van der Waals surface area contributed by atoms with Crippen molar-refractivity contribution in [3.8, 4) is 5.75 Å². The third-order valence-corrected chi connectivity index (χ3v) is 2.50. The van der Waals surface area contributed by atoms with Crippen LogP contribution in [0.25, 0.3) is 0 Å². The van der Waals surface area contributed by atoms with Crippen molar-refractivity contribution < 1.29 is 14.3 Å². The topological polar surface area (TPSA) is 35.5 Å². The van der Waals surface area contributed by atoms with E-state index < -0.39 is 0 Å². The zero-order valence-electron chi connectivity index (χ0n) is 10.2. The van der Waals surface area contributed by atoms with E-state index in [1.165, 1.54) is 18.2 Å². The van der Waals surface area contributed by atoms with Gasteiger partial charge in [-0.1, -0.05) is 6.07 Å². The standard InChI is InChI=1S/C13H18O3/c1-9-5-6-12(7-10(9)2)16-11(3)8-13(14)15-4/h5-7,11H,8H2,1-4H3. The quantitative estimate of drug-likeness (QED) is 0.735. The van der Waals surface area contributed by atoms with Crippen LogP contribution in [-0.2, 0) is 9.53 Å². The molecule has 1 aromatic rings. The molecule has 0 aliphatic carbocycles. The molecule has 1 atom stereocenters. The first-order chi connectivity index (χ1) is 7.52. The van der Waals surface area contributed by atoms with E-state index in [1.807, 2.05) is 32.0 Å². The molecule has 0 heterocycles. The van der Waals surface area contributed by atoms with Crippen LogP contribution in [0.2, 0.25) is 0 Å². The van der Waals surface area contributed by atoms with Crippen LogP contribution in [0.5, 0.6) is 5.75 Å². The minimum atomic E-state index is -0.253. The molecule has 16 heavy (non-hydrogen) atoms.